The number of rotatable bonds is 8. The summed E-state index contributed by atoms with van der Waals surface area (Å²) in [4.78, 5) is 6.17. The highest BCUT2D eigenvalue weighted by Crippen LogP contribution is 2.26. The van der Waals surface area contributed by atoms with E-state index >= 15 is 0 Å². The Labute approximate surface area is 164 Å². The minimum Gasteiger partial charge on any atom is -0.492 e. The zero-order chi connectivity index (χ0) is 19.8. The molecule has 0 spiro atoms. The number of pyridine rings is 1. The lowest BCUT2D eigenvalue weighted by Crippen LogP contribution is -2.37. The van der Waals surface area contributed by atoms with Crippen LogP contribution in [0.25, 0.3) is 6.08 Å². The normalized spacial score (nSPS) is 15.8. The number of benzene rings is 1. The molecule has 2 heterocycles. The molecule has 150 valence electrons. The van der Waals surface area contributed by atoms with Gasteiger partial charge in [0, 0.05) is 31.2 Å². The van der Waals surface area contributed by atoms with E-state index in [1.165, 1.54) is 24.4 Å². The maximum absolute atomic E-state index is 13.7. The molecular formula is C20H23FN2O4S. The van der Waals surface area contributed by atoms with Gasteiger partial charge in [-0.3, -0.25) is 9.88 Å². The van der Waals surface area contributed by atoms with Gasteiger partial charge in [0.25, 0.3) is 0 Å². The number of ether oxygens (including phenoxy) is 2. The fraction of sp³-hybridized carbons (Fsp3) is 0.350. The highest BCUT2D eigenvalue weighted by Gasteiger charge is 2.17. The molecule has 1 aromatic carbocycles. The van der Waals surface area contributed by atoms with Crippen LogP contribution in [0, 0.1) is 5.82 Å². The van der Waals surface area contributed by atoms with Gasteiger partial charge in [0.2, 0.25) is 9.84 Å². The highest BCUT2D eigenvalue weighted by atomic mass is 32.2. The van der Waals surface area contributed by atoms with Crippen molar-refractivity contribution in [3.63, 3.8) is 0 Å². The summed E-state index contributed by atoms with van der Waals surface area (Å²) in [5, 5.41) is 0.953. The first-order valence-corrected chi connectivity index (χ1v) is 10.7. The molecule has 1 aromatic heterocycles. The molecule has 8 heteroatoms. The maximum Gasteiger partial charge on any atom is 0.203 e. The van der Waals surface area contributed by atoms with E-state index in [2.05, 4.69) is 9.88 Å². The molecule has 1 saturated heterocycles. The molecule has 0 bridgehead atoms. The lowest BCUT2D eigenvalue weighted by Gasteiger charge is -2.26. The van der Waals surface area contributed by atoms with E-state index in [4.69, 9.17) is 9.47 Å². The van der Waals surface area contributed by atoms with Crippen molar-refractivity contribution in [2.24, 2.45) is 0 Å². The Morgan fingerprint density at radius 2 is 1.96 bits per heavy atom. The molecule has 0 saturated carbocycles. The Bertz CT molecular complexity index is 912. The lowest BCUT2D eigenvalue weighted by atomic mass is 10.3. The highest BCUT2D eigenvalue weighted by molar-refractivity contribution is 7.94. The van der Waals surface area contributed by atoms with Gasteiger partial charge in [-0.1, -0.05) is 12.1 Å². The third-order valence-corrected chi connectivity index (χ3v) is 5.77. The van der Waals surface area contributed by atoms with E-state index < -0.39 is 15.7 Å². The molecular weight excluding hydrogens is 383 g/mol. The molecule has 0 atom stereocenters. The van der Waals surface area contributed by atoms with Gasteiger partial charge in [0.1, 0.15) is 16.5 Å². The van der Waals surface area contributed by atoms with Gasteiger partial charge in [-0.25, -0.2) is 12.8 Å². The molecule has 0 radical (unpaired) electrons. The lowest BCUT2D eigenvalue weighted by molar-refractivity contribution is 0.0357. The van der Waals surface area contributed by atoms with E-state index in [0.717, 1.165) is 50.8 Å². The summed E-state index contributed by atoms with van der Waals surface area (Å²) in [5.41, 5.74) is -0.0324. The predicted octanol–water partition coefficient (Wildman–Crippen LogP) is 2.77. The Balaban J connectivity index is 1.64. The first-order chi connectivity index (χ1) is 13.6. The summed E-state index contributed by atoms with van der Waals surface area (Å²) in [7, 11) is -3.80. The zero-order valence-electron chi connectivity index (χ0n) is 15.5. The molecule has 0 amide bonds. The Morgan fingerprint density at radius 3 is 2.75 bits per heavy atom. The van der Waals surface area contributed by atoms with Crippen LogP contribution in [0.1, 0.15) is 12.1 Å². The van der Waals surface area contributed by atoms with Gasteiger partial charge >= 0.3 is 0 Å². The second kappa shape index (κ2) is 9.77. The van der Waals surface area contributed by atoms with Crippen molar-refractivity contribution in [3.8, 4) is 5.75 Å². The second-order valence-corrected chi connectivity index (χ2v) is 8.12. The second-order valence-electron chi connectivity index (χ2n) is 6.32. The van der Waals surface area contributed by atoms with Crippen LogP contribution in [-0.2, 0) is 14.6 Å². The number of hydrogen-bond acceptors (Lipinski definition) is 6. The number of halogens is 1. The fourth-order valence-electron chi connectivity index (χ4n) is 2.85. The van der Waals surface area contributed by atoms with Crippen molar-refractivity contribution in [1.82, 2.24) is 9.88 Å². The van der Waals surface area contributed by atoms with E-state index in [1.807, 2.05) is 0 Å². The third kappa shape index (κ3) is 5.60. The molecule has 0 N–H and O–H groups in total. The number of hydrogen-bond donors (Lipinski definition) is 0. The van der Waals surface area contributed by atoms with Crippen LogP contribution in [0.15, 0.2) is 52.9 Å². The van der Waals surface area contributed by atoms with Crippen LogP contribution in [0.2, 0.25) is 0 Å². The molecule has 1 aliphatic rings. The van der Waals surface area contributed by atoms with Crippen LogP contribution in [0.5, 0.6) is 5.75 Å². The molecule has 3 rings (SSSR count). The third-order valence-electron chi connectivity index (χ3n) is 4.33. The quantitative estimate of drug-likeness (QED) is 0.628. The molecule has 28 heavy (non-hydrogen) atoms. The predicted molar refractivity (Wildman–Crippen MR) is 104 cm³/mol. The molecule has 1 aliphatic heterocycles. The van der Waals surface area contributed by atoms with Gasteiger partial charge in [-0.15, -0.1) is 0 Å². The van der Waals surface area contributed by atoms with Gasteiger partial charge in [-0.2, -0.15) is 0 Å². The number of para-hydroxylation sites is 1. The number of morpholine rings is 1. The van der Waals surface area contributed by atoms with Crippen molar-refractivity contribution >= 4 is 15.9 Å². The Morgan fingerprint density at radius 1 is 1.18 bits per heavy atom. The maximum atomic E-state index is 13.7. The van der Waals surface area contributed by atoms with Crippen molar-refractivity contribution in [3.05, 3.63) is 59.5 Å². The number of nitrogens with zero attached hydrogens (tertiary/aromatic N) is 2. The van der Waals surface area contributed by atoms with E-state index in [-0.39, 0.29) is 16.3 Å². The first kappa shape index (κ1) is 20.4. The average Bonchev–Trinajstić information content (AvgIpc) is 2.72. The molecule has 6 nitrogen and oxygen atoms in total. The fourth-order valence-corrected chi connectivity index (χ4v) is 3.98. The molecule has 1 fully saturated rings. The molecule has 2 aromatic rings. The van der Waals surface area contributed by atoms with Crippen molar-refractivity contribution in [2.75, 3.05) is 39.5 Å². The monoisotopic (exact) mass is 406 g/mol. The van der Waals surface area contributed by atoms with Crippen molar-refractivity contribution in [1.29, 1.82) is 0 Å². The van der Waals surface area contributed by atoms with E-state index in [1.54, 1.807) is 18.2 Å². The van der Waals surface area contributed by atoms with E-state index in [9.17, 15) is 12.8 Å². The van der Waals surface area contributed by atoms with Crippen LogP contribution in [-0.4, -0.2) is 57.8 Å². The van der Waals surface area contributed by atoms with Gasteiger partial charge in [-0.05, 0) is 36.8 Å². The van der Waals surface area contributed by atoms with Crippen molar-refractivity contribution in [2.45, 2.75) is 11.3 Å². The summed E-state index contributed by atoms with van der Waals surface area (Å²) in [6, 6.07) is 9.12. The molecule has 0 unspecified atom stereocenters. The van der Waals surface area contributed by atoms with Crippen LogP contribution < -0.4 is 4.74 Å². The standard InChI is InChI=1S/C20H23FN2O4S/c21-17-5-3-9-22-18(17)8-16-28(24,25)20-7-2-1-6-19(20)27-13-4-10-23-11-14-26-15-12-23/h1-3,5-9,16H,4,10-15H2/b16-8+. The zero-order valence-corrected chi connectivity index (χ0v) is 16.3. The van der Waals surface area contributed by atoms with Gasteiger partial charge < -0.3 is 9.47 Å². The van der Waals surface area contributed by atoms with Gasteiger partial charge in [0.15, 0.2) is 0 Å². The smallest absolute Gasteiger partial charge is 0.203 e. The minimum atomic E-state index is -3.80. The summed E-state index contributed by atoms with van der Waals surface area (Å²) in [6.07, 6.45) is 3.34. The SMILES string of the molecule is O=S(=O)(/C=C/c1ncccc1F)c1ccccc1OCCCN1CCOCC1. The van der Waals surface area contributed by atoms with Gasteiger partial charge in [0.05, 0.1) is 25.5 Å². The van der Waals surface area contributed by atoms with E-state index in [0.29, 0.717) is 6.61 Å². The first-order valence-electron chi connectivity index (χ1n) is 9.12. The number of aromatic nitrogens is 1. The Kier molecular flexibility index (Phi) is 7.13. The summed E-state index contributed by atoms with van der Waals surface area (Å²) in [5.74, 6) is -0.294. The minimum absolute atomic E-state index is 0.0324. The summed E-state index contributed by atoms with van der Waals surface area (Å²) < 4.78 is 50.1. The number of sulfone groups is 1. The summed E-state index contributed by atoms with van der Waals surface area (Å²) in [6.45, 7) is 4.57. The largest absolute Gasteiger partial charge is 0.492 e. The van der Waals surface area contributed by atoms with Crippen LogP contribution in [0.3, 0.4) is 0 Å². The van der Waals surface area contributed by atoms with Crippen molar-refractivity contribution < 1.29 is 22.3 Å². The topological polar surface area (TPSA) is 68.7 Å². The average molecular weight is 406 g/mol. The Hall–Kier alpha value is -2.29. The molecule has 0 aliphatic carbocycles. The van der Waals surface area contributed by atoms with Crippen LogP contribution >= 0.6 is 0 Å². The summed E-state index contributed by atoms with van der Waals surface area (Å²) >= 11 is 0. The van der Waals surface area contributed by atoms with Crippen LogP contribution in [0.4, 0.5) is 4.39 Å².